The average Bonchev–Trinajstić information content (AvgIpc) is 2.73. The molecule has 0 radical (unpaired) electrons. The monoisotopic (exact) mass is 236 g/mol. The molecule has 0 spiro atoms. The summed E-state index contributed by atoms with van der Waals surface area (Å²) >= 11 is 0. The maximum Gasteiger partial charge on any atom is 0.240 e. The molecule has 2 rings (SSSR count). The van der Waals surface area contributed by atoms with Gasteiger partial charge in [0, 0.05) is 25.6 Å². The van der Waals surface area contributed by atoms with Gasteiger partial charge in [0.15, 0.2) is 0 Å². The van der Waals surface area contributed by atoms with Gasteiger partial charge in [-0.25, -0.2) is 4.39 Å². The molecule has 3 nitrogen and oxygen atoms in total. The summed E-state index contributed by atoms with van der Waals surface area (Å²) in [5.41, 5.74) is 0. The molecule has 15 heavy (non-hydrogen) atoms. The fourth-order valence-corrected chi connectivity index (χ4v) is 2.34. The van der Waals surface area contributed by atoms with E-state index in [9.17, 15) is 9.18 Å². The van der Waals surface area contributed by atoms with Crippen LogP contribution in [0.2, 0.25) is 0 Å². The maximum atomic E-state index is 12.9. The van der Waals surface area contributed by atoms with Crippen LogP contribution < -0.4 is 5.32 Å². The Morgan fingerprint density at radius 2 is 2.27 bits per heavy atom. The van der Waals surface area contributed by atoms with Crippen molar-refractivity contribution in [3.63, 3.8) is 0 Å². The van der Waals surface area contributed by atoms with Gasteiger partial charge < -0.3 is 10.2 Å². The lowest BCUT2D eigenvalue weighted by atomic mass is 10.2. The van der Waals surface area contributed by atoms with Crippen LogP contribution in [0.4, 0.5) is 4.39 Å². The van der Waals surface area contributed by atoms with Crippen molar-refractivity contribution in [2.24, 2.45) is 0 Å². The van der Waals surface area contributed by atoms with Gasteiger partial charge in [-0.3, -0.25) is 4.79 Å². The highest BCUT2D eigenvalue weighted by atomic mass is 35.5. The first kappa shape index (κ1) is 12.7. The third kappa shape index (κ3) is 2.61. The largest absolute Gasteiger partial charge is 0.339 e. The van der Waals surface area contributed by atoms with Crippen molar-refractivity contribution < 1.29 is 9.18 Å². The van der Waals surface area contributed by atoms with E-state index in [-0.39, 0.29) is 24.4 Å². The summed E-state index contributed by atoms with van der Waals surface area (Å²) < 4.78 is 12.9. The third-order valence-electron chi connectivity index (χ3n) is 3.21. The topological polar surface area (TPSA) is 32.3 Å². The van der Waals surface area contributed by atoms with Crippen molar-refractivity contribution in [3.8, 4) is 0 Å². The number of nitrogens with one attached hydrogen (secondary N) is 1. The van der Waals surface area contributed by atoms with Gasteiger partial charge in [-0.05, 0) is 19.8 Å². The Morgan fingerprint density at radius 1 is 1.53 bits per heavy atom. The van der Waals surface area contributed by atoms with Crippen LogP contribution in [0.3, 0.4) is 0 Å². The van der Waals surface area contributed by atoms with E-state index in [1.54, 1.807) is 0 Å². The van der Waals surface area contributed by atoms with Crippen molar-refractivity contribution in [3.05, 3.63) is 0 Å². The number of carbonyl (C=O) groups excluding carboxylic acids is 1. The van der Waals surface area contributed by atoms with Crippen LogP contribution in [0, 0.1) is 0 Å². The van der Waals surface area contributed by atoms with E-state index in [1.807, 2.05) is 4.90 Å². The summed E-state index contributed by atoms with van der Waals surface area (Å²) in [6.45, 7) is 3.24. The van der Waals surface area contributed by atoms with Crippen molar-refractivity contribution in [1.82, 2.24) is 10.2 Å². The van der Waals surface area contributed by atoms with E-state index in [0.717, 1.165) is 19.4 Å². The first-order valence-electron chi connectivity index (χ1n) is 5.36. The van der Waals surface area contributed by atoms with Crippen LogP contribution in [0.25, 0.3) is 0 Å². The Balaban J connectivity index is 0.00000112. The number of halogens is 2. The second-order valence-corrected chi connectivity index (χ2v) is 4.32. The normalized spacial score (nSPS) is 35.3. The van der Waals surface area contributed by atoms with Gasteiger partial charge in [0.05, 0.1) is 6.04 Å². The van der Waals surface area contributed by atoms with E-state index in [4.69, 9.17) is 0 Å². The quantitative estimate of drug-likeness (QED) is 0.740. The first-order valence-corrected chi connectivity index (χ1v) is 5.36. The van der Waals surface area contributed by atoms with Gasteiger partial charge in [0.1, 0.15) is 6.17 Å². The number of rotatable bonds is 1. The highest BCUT2D eigenvalue weighted by molar-refractivity contribution is 5.85. The number of likely N-dealkylation sites (tertiary alicyclic amines) is 1. The lowest BCUT2D eigenvalue weighted by Gasteiger charge is -2.24. The number of amides is 1. The van der Waals surface area contributed by atoms with Crippen LogP contribution in [0.5, 0.6) is 0 Å². The molecular formula is C10H18ClFN2O. The highest BCUT2D eigenvalue weighted by Gasteiger charge is 2.35. The van der Waals surface area contributed by atoms with Crippen molar-refractivity contribution in [2.75, 3.05) is 13.1 Å². The zero-order valence-electron chi connectivity index (χ0n) is 8.91. The Labute approximate surface area is 95.8 Å². The SMILES string of the molecule is CC1CCCN1C(=O)[C@H]1C[C@H](F)CN1.Cl. The minimum Gasteiger partial charge on any atom is -0.339 e. The highest BCUT2D eigenvalue weighted by Crippen LogP contribution is 2.20. The number of carbonyl (C=O) groups is 1. The Kier molecular flexibility index (Phi) is 4.34. The molecule has 5 heteroatoms. The standard InChI is InChI=1S/C10H17FN2O.ClH/c1-7-3-2-4-13(7)10(14)9-5-8(11)6-12-9;/h7-9,12H,2-6H2,1H3;1H/t7?,8-,9+;/m0./s1. The molecule has 0 aliphatic carbocycles. The Hall–Kier alpha value is -0.350. The summed E-state index contributed by atoms with van der Waals surface area (Å²) in [5, 5.41) is 2.94. The Morgan fingerprint density at radius 3 is 2.73 bits per heavy atom. The predicted octanol–water partition coefficient (Wildman–Crippen LogP) is 1.12. The predicted molar refractivity (Wildman–Crippen MR) is 59.0 cm³/mol. The van der Waals surface area contributed by atoms with Crippen LogP contribution in [0.1, 0.15) is 26.2 Å². The molecule has 1 amide bonds. The van der Waals surface area contributed by atoms with E-state index in [2.05, 4.69) is 12.2 Å². The van der Waals surface area contributed by atoms with E-state index >= 15 is 0 Å². The number of alkyl halides is 1. The molecule has 2 fully saturated rings. The van der Waals surface area contributed by atoms with E-state index < -0.39 is 6.17 Å². The molecule has 88 valence electrons. The minimum absolute atomic E-state index is 0. The van der Waals surface area contributed by atoms with Gasteiger partial charge >= 0.3 is 0 Å². The second-order valence-electron chi connectivity index (χ2n) is 4.32. The molecule has 0 saturated carbocycles. The summed E-state index contributed by atoms with van der Waals surface area (Å²) in [5.74, 6) is 0.0927. The molecule has 3 atom stereocenters. The van der Waals surface area contributed by atoms with E-state index in [0.29, 0.717) is 19.0 Å². The van der Waals surface area contributed by atoms with Gasteiger partial charge in [-0.15, -0.1) is 12.4 Å². The van der Waals surface area contributed by atoms with Crippen LogP contribution >= 0.6 is 12.4 Å². The average molecular weight is 237 g/mol. The van der Waals surface area contributed by atoms with Crippen molar-refractivity contribution in [2.45, 2.75) is 44.4 Å². The number of hydrogen-bond donors (Lipinski definition) is 1. The maximum absolute atomic E-state index is 12.9. The second kappa shape index (κ2) is 5.12. The lowest BCUT2D eigenvalue weighted by Crippen LogP contribution is -2.44. The molecule has 2 heterocycles. The number of nitrogens with zero attached hydrogens (tertiary/aromatic N) is 1. The van der Waals surface area contributed by atoms with Crippen molar-refractivity contribution in [1.29, 1.82) is 0 Å². The zero-order chi connectivity index (χ0) is 10.1. The summed E-state index contributed by atoms with van der Waals surface area (Å²) in [4.78, 5) is 13.8. The van der Waals surface area contributed by atoms with Gasteiger partial charge in [0.25, 0.3) is 0 Å². The van der Waals surface area contributed by atoms with Crippen LogP contribution in [0.15, 0.2) is 0 Å². The molecule has 2 aliphatic heterocycles. The minimum atomic E-state index is -0.846. The first-order chi connectivity index (χ1) is 6.68. The summed E-state index contributed by atoms with van der Waals surface area (Å²) in [6.07, 6.45) is 1.67. The molecule has 0 aromatic carbocycles. The van der Waals surface area contributed by atoms with Gasteiger partial charge in [-0.2, -0.15) is 0 Å². The summed E-state index contributed by atoms with van der Waals surface area (Å²) in [7, 11) is 0. The molecule has 0 aromatic rings. The summed E-state index contributed by atoms with van der Waals surface area (Å²) in [6, 6.07) is 0.0634. The Bertz CT molecular complexity index is 239. The number of hydrogen-bond acceptors (Lipinski definition) is 2. The van der Waals surface area contributed by atoms with Gasteiger partial charge in [0.2, 0.25) is 5.91 Å². The molecule has 2 saturated heterocycles. The zero-order valence-corrected chi connectivity index (χ0v) is 9.73. The smallest absolute Gasteiger partial charge is 0.240 e. The van der Waals surface area contributed by atoms with Crippen molar-refractivity contribution >= 4 is 18.3 Å². The fourth-order valence-electron chi connectivity index (χ4n) is 2.34. The fraction of sp³-hybridized carbons (Fsp3) is 0.900. The lowest BCUT2D eigenvalue weighted by molar-refractivity contribution is -0.133. The molecule has 1 unspecified atom stereocenters. The molecule has 0 bridgehead atoms. The van der Waals surface area contributed by atoms with Gasteiger partial charge in [-0.1, -0.05) is 0 Å². The molecule has 1 N–H and O–H groups in total. The molecule has 2 aliphatic rings. The molecule has 0 aromatic heterocycles. The van der Waals surface area contributed by atoms with E-state index in [1.165, 1.54) is 0 Å². The molecular weight excluding hydrogens is 219 g/mol. The van der Waals surface area contributed by atoms with Crippen LogP contribution in [-0.2, 0) is 4.79 Å². The van der Waals surface area contributed by atoms with Crippen LogP contribution in [-0.4, -0.2) is 42.2 Å². The third-order valence-corrected chi connectivity index (χ3v) is 3.21.